The van der Waals surface area contributed by atoms with Crippen LogP contribution in [0.15, 0.2) is 84.9 Å². The fourth-order valence-corrected chi connectivity index (χ4v) is 2.71. The summed E-state index contributed by atoms with van der Waals surface area (Å²) in [7, 11) is 0. The van der Waals surface area contributed by atoms with Gasteiger partial charge in [-0.2, -0.15) is 5.26 Å². The van der Waals surface area contributed by atoms with Gasteiger partial charge in [-0.3, -0.25) is 4.79 Å². The fraction of sp³-hybridized carbons (Fsp3) is 0.0909. The van der Waals surface area contributed by atoms with Crippen molar-refractivity contribution in [3.8, 4) is 6.07 Å². The molecule has 0 radical (unpaired) electrons. The highest BCUT2D eigenvalue weighted by molar-refractivity contribution is 5.96. The molecule has 0 saturated carbocycles. The zero-order chi connectivity index (χ0) is 17.5. The first-order valence-electron chi connectivity index (χ1n) is 8.16. The highest BCUT2D eigenvalue weighted by Gasteiger charge is 2.17. The van der Waals surface area contributed by atoms with Gasteiger partial charge >= 0.3 is 0 Å². The van der Waals surface area contributed by atoms with Crippen molar-refractivity contribution in [1.29, 1.82) is 5.26 Å². The molecule has 1 unspecified atom stereocenters. The van der Waals surface area contributed by atoms with Gasteiger partial charge in [-0.25, -0.2) is 0 Å². The predicted octanol–water partition coefficient (Wildman–Crippen LogP) is 4.98. The Labute approximate surface area is 147 Å². The minimum atomic E-state index is -0.164. The number of anilines is 1. The van der Waals surface area contributed by atoms with Crippen molar-refractivity contribution in [1.82, 2.24) is 0 Å². The Morgan fingerprint density at radius 3 is 2.08 bits per heavy atom. The maximum atomic E-state index is 12.6. The van der Waals surface area contributed by atoms with Crippen LogP contribution in [0.1, 0.15) is 33.9 Å². The molecule has 0 aliphatic rings. The number of ketones is 1. The third kappa shape index (κ3) is 4.33. The lowest BCUT2D eigenvalue weighted by Gasteiger charge is -2.20. The highest BCUT2D eigenvalue weighted by Crippen LogP contribution is 2.25. The van der Waals surface area contributed by atoms with Crippen LogP contribution in [0.4, 0.5) is 5.69 Å². The first-order valence-corrected chi connectivity index (χ1v) is 8.16. The van der Waals surface area contributed by atoms with E-state index in [1.54, 1.807) is 12.1 Å². The van der Waals surface area contributed by atoms with Gasteiger partial charge in [0.2, 0.25) is 0 Å². The van der Waals surface area contributed by atoms with Crippen molar-refractivity contribution >= 4 is 11.5 Å². The third-order valence-electron chi connectivity index (χ3n) is 4.04. The average molecular weight is 326 g/mol. The van der Waals surface area contributed by atoms with E-state index < -0.39 is 0 Å². The summed E-state index contributed by atoms with van der Waals surface area (Å²) in [4.78, 5) is 12.6. The summed E-state index contributed by atoms with van der Waals surface area (Å²) in [6.45, 7) is 0. The van der Waals surface area contributed by atoms with Crippen LogP contribution in [0.5, 0.6) is 0 Å². The molecular formula is C22H18N2O. The van der Waals surface area contributed by atoms with Crippen LogP contribution >= 0.6 is 0 Å². The minimum absolute atomic E-state index is 0.0818. The van der Waals surface area contributed by atoms with E-state index in [1.165, 1.54) is 0 Å². The van der Waals surface area contributed by atoms with Crippen molar-refractivity contribution < 1.29 is 4.79 Å². The van der Waals surface area contributed by atoms with Gasteiger partial charge in [-0.05, 0) is 29.8 Å². The number of para-hydroxylation sites is 1. The van der Waals surface area contributed by atoms with Crippen molar-refractivity contribution in [2.45, 2.75) is 12.5 Å². The van der Waals surface area contributed by atoms with E-state index in [0.29, 0.717) is 17.5 Å². The smallest absolute Gasteiger partial charge is 0.165 e. The van der Waals surface area contributed by atoms with Gasteiger partial charge in [-0.1, -0.05) is 60.7 Å². The van der Waals surface area contributed by atoms with Crippen LogP contribution in [-0.2, 0) is 0 Å². The van der Waals surface area contributed by atoms with E-state index in [2.05, 4.69) is 11.4 Å². The molecule has 0 amide bonds. The average Bonchev–Trinajstić information content (AvgIpc) is 2.69. The molecule has 122 valence electrons. The minimum Gasteiger partial charge on any atom is -0.378 e. The summed E-state index contributed by atoms with van der Waals surface area (Å²) in [5.74, 6) is 0.0818. The van der Waals surface area contributed by atoms with Crippen molar-refractivity contribution in [3.05, 3.63) is 102 Å². The lowest BCUT2D eigenvalue weighted by Crippen LogP contribution is -2.15. The number of Topliss-reactive ketones (excluding diaryl/α,β-unsaturated/α-hetero) is 1. The lowest BCUT2D eigenvalue weighted by molar-refractivity contribution is 0.0976. The summed E-state index contributed by atoms with van der Waals surface area (Å²) in [5, 5.41) is 12.4. The normalized spacial score (nSPS) is 11.3. The number of nitrogens with one attached hydrogen (secondary N) is 1. The number of nitriles is 1. The van der Waals surface area contributed by atoms with Crippen LogP contribution in [0.2, 0.25) is 0 Å². The maximum Gasteiger partial charge on any atom is 0.165 e. The van der Waals surface area contributed by atoms with Gasteiger partial charge in [0, 0.05) is 17.7 Å². The summed E-state index contributed by atoms with van der Waals surface area (Å²) in [5.41, 5.74) is 3.25. The van der Waals surface area contributed by atoms with Crippen LogP contribution in [-0.4, -0.2) is 5.78 Å². The Morgan fingerprint density at radius 1 is 0.880 bits per heavy atom. The van der Waals surface area contributed by atoms with E-state index in [9.17, 15) is 4.79 Å². The van der Waals surface area contributed by atoms with Gasteiger partial charge in [0.1, 0.15) is 0 Å². The molecule has 3 aromatic carbocycles. The quantitative estimate of drug-likeness (QED) is 0.650. The highest BCUT2D eigenvalue weighted by atomic mass is 16.1. The number of rotatable bonds is 6. The van der Waals surface area contributed by atoms with E-state index in [4.69, 9.17) is 5.26 Å². The molecule has 0 fully saturated rings. The molecule has 3 aromatic rings. The molecule has 25 heavy (non-hydrogen) atoms. The van der Waals surface area contributed by atoms with E-state index in [0.717, 1.165) is 11.3 Å². The second-order valence-electron chi connectivity index (χ2n) is 5.79. The number of nitrogens with zero attached hydrogens (tertiary/aromatic N) is 1. The zero-order valence-corrected chi connectivity index (χ0v) is 13.7. The molecule has 3 nitrogen and oxygen atoms in total. The molecule has 1 atom stereocenters. The van der Waals surface area contributed by atoms with Gasteiger partial charge in [0.25, 0.3) is 0 Å². The van der Waals surface area contributed by atoms with E-state index in [1.807, 2.05) is 72.8 Å². The van der Waals surface area contributed by atoms with Crippen LogP contribution in [0.25, 0.3) is 0 Å². The van der Waals surface area contributed by atoms with E-state index >= 15 is 0 Å². The second-order valence-corrected chi connectivity index (χ2v) is 5.79. The number of hydrogen-bond donors (Lipinski definition) is 1. The van der Waals surface area contributed by atoms with Gasteiger partial charge < -0.3 is 5.32 Å². The van der Waals surface area contributed by atoms with Crippen LogP contribution in [0.3, 0.4) is 0 Å². The summed E-state index contributed by atoms with van der Waals surface area (Å²) in [6.07, 6.45) is 0.338. The zero-order valence-electron chi connectivity index (χ0n) is 13.7. The Morgan fingerprint density at radius 2 is 1.48 bits per heavy atom. The molecule has 0 aromatic heterocycles. The SMILES string of the molecule is N#Cc1ccc(C(CC(=O)c2ccccc2)Nc2ccccc2)cc1. The maximum absolute atomic E-state index is 12.6. The van der Waals surface area contributed by atoms with E-state index in [-0.39, 0.29) is 11.8 Å². The van der Waals surface area contributed by atoms with Gasteiger partial charge in [0.05, 0.1) is 17.7 Å². The first-order chi connectivity index (χ1) is 12.3. The Balaban J connectivity index is 1.85. The monoisotopic (exact) mass is 326 g/mol. The molecular weight excluding hydrogens is 308 g/mol. The number of hydrogen-bond acceptors (Lipinski definition) is 3. The standard InChI is InChI=1S/C22H18N2O/c23-16-17-11-13-18(14-12-17)21(24-20-9-5-2-6-10-20)15-22(25)19-7-3-1-4-8-19/h1-14,21,24H,15H2. The predicted molar refractivity (Wildman–Crippen MR) is 99.4 cm³/mol. The molecule has 0 bridgehead atoms. The molecule has 3 rings (SSSR count). The Kier molecular flexibility index (Phi) is 5.23. The number of carbonyl (C=O) groups excluding carboxylic acids is 1. The fourth-order valence-electron chi connectivity index (χ4n) is 2.71. The van der Waals surface area contributed by atoms with Crippen LogP contribution < -0.4 is 5.32 Å². The van der Waals surface area contributed by atoms with Crippen molar-refractivity contribution in [3.63, 3.8) is 0 Å². The third-order valence-corrected chi connectivity index (χ3v) is 4.04. The summed E-state index contributed by atoms with van der Waals surface area (Å²) < 4.78 is 0. The largest absolute Gasteiger partial charge is 0.378 e. The second kappa shape index (κ2) is 7.94. The Hall–Kier alpha value is -3.38. The first kappa shape index (κ1) is 16.5. The molecule has 0 aliphatic heterocycles. The molecule has 3 heteroatoms. The molecule has 0 heterocycles. The van der Waals surface area contributed by atoms with Crippen LogP contribution in [0, 0.1) is 11.3 Å². The summed E-state index contributed by atoms with van der Waals surface area (Å²) in [6, 6.07) is 28.4. The van der Waals surface area contributed by atoms with Crippen molar-refractivity contribution in [2.75, 3.05) is 5.32 Å². The van der Waals surface area contributed by atoms with Crippen molar-refractivity contribution in [2.24, 2.45) is 0 Å². The number of carbonyl (C=O) groups is 1. The molecule has 0 aliphatic carbocycles. The molecule has 0 saturated heterocycles. The topological polar surface area (TPSA) is 52.9 Å². The van der Waals surface area contributed by atoms with Gasteiger partial charge in [-0.15, -0.1) is 0 Å². The molecule has 0 spiro atoms. The summed E-state index contributed by atoms with van der Waals surface area (Å²) >= 11 is 0. The Bertz CT molecular complexity index is 865. The van der Waals surface area contributed by atoms with Gasteiger partial charge in [0.15, 0.2) is 5.78 Å². The lowest BCUT2D eigenvalue weighted by atomic mass is 9.97. The number of benzene rings is 3. The molecule has 1 N–H and O–H groups in total.